The number of likely N-dealkylation sites (tertiary alicyclic amines) is 1. The van der Waals surface area contributed by atoms with Gasteiger partial charge in [-0.1, -0.05) is 48.5 Å². The average Bonchev–Trinajstić information content (AvgIpc) is 3.14. The van der Waals surface area contributed by atoms with E-state index in [1.807, 2.05) is 0 Å². The molecule has 3 aliphatic rings. The minimum absolute atomic E-state index is 0.194. The molecule has 1 fully saturated rings. The quantitative estimate of drug-likeness (QED) is 0.856. The molecule has 1 aliphatic heterocycles. The molecular weight excluding hydrogens is 294 g/mol. The minimum Gasteiger partial charge on any atom is -0.302 e. The van der Waals surface area contributed by atoms with Crippen molar-refractivity contribution >= 4 is 5.78 Å². The molecule has 0 saturated carbocycles. The molecule has 5 rings (SSSR count). The zero-order valence-electron chi connectivity index (χ0n) is 14.0. The van der Waals surface area contributed by atoms with Gasteiger partial charge < -0.3 is 4.90 Å². The third kappa shape index (κ3) is 1.96. The number of nitrogens with zero attached hydrogens (tertiary/aromatic N) is 1. The van der Waals surface area contributed by atoms with Gasteiger partial charge in [-0.2, -0.15) is 0 Å². The summed E-state index contributed by atoms with van der Waals surface area (Å²) < 4.78 is 0. The number of rotatable bonds is 3. The highest BCUT2D eigenvalue weighted by molar-refractivity contribution is 5.79. The lowest BCUT2D eigenvalue weighted by Gasteiger charge is -2.34. The highest BCUT2D eigenvalue weighted by atomic mass is 16.1. The molecule has 2 aromatic rings. The Kier molecular flexibility index (Phi) is 3.18. The van der Waals surface area contributed by atoms with Crippen molar-refractivity contribution in [2.75, 3.05) is 19.6 Å². The molecule has 2 aromatic carbocycles. The third-order valence-electron chi connectivity index (χ3n) is 6.52. The summed E-state index contributed by atoms with van der Waals surface area (Å²) in [7, 11) is 0. The van der Waals surface area contributed by atoms with Crippen molar-refractivity contribution < 1.29 is 4.79 Å². The topological polar surface area (TPSA) is 20.3 Å². The van der Waals surface area contributed by atoms with Crippen LogP contribution < -0.4 is 0 Å². The Bertz CT molecular complexity index is 752. The Balaban J connectivity index is 1.49. The van der Waals surface area contributed by atoms with E-state index < -0.39 is 0 Å². The number of carbonyl (C=O) groups excluding carboxylic acids is 1. The van der Waals surface area contributed by atoms with Gasteiger partial charge in [-0.3, -0.25) is 4.79 Å². The summed E-state index contributed by atoms with van der Waals surface area (Å²) in [5.74, 6) is 1.02. The van der Waals surface area contributed by atoms with E-state index in [9.17, 15) is 4.79 Å². The summed E-state index contributed by atoms with van der Waals surface area (Å²) in [5.41, 5.74) is 6.40. The number of fused-ring (bicyclic) bond motifs is 8. The lowest BCUT2D eigenvalue weighted by molar-refractivity contribution is -0.121. The van der Waals surface area contributed by atoms with Crippen LogP contribution in [0.2, 0.25) is 0 Å². The van der Waals surface area contributed by atoms with Crippen LogP contribution in [0, 0.1) is 0 Å². The van der Waals surface area contributed by atoms with E-state index in [1.54, 1.807) is 22.3 Å². The van der Waals surface area contributed by atoms with Crippen molar-refractivity contribution in [3.8, 4) is 0 Å². The van der Waals surface area contributed by atoms with Gasteiger partial charge in [-0.05, 0) is 41.6 Å². The molecule has 2 bridgehead atoms. The van der Waals surface area contributed by atoms with Crippen molar-refractivity contribution in [2.45, 2.75) is 37.0 Å². The molecule has 122 valence electrons. The van der Waals surface area contributed by atoms with Gasteiger partial charge in [0.1, 0.15) is 5.78 Å². The summed E-state index contributed by atoms with van der Waals surface area (Å²) >= 11 is 0. The molecule has 0 spiro atoms. The smallest absolute Gasteiger partial charge is 0.135 e. The molecule has 2 nitrogen and oxygen atoms in total. The minimum atomic E-state index is 0.194. The fourth-order valence-corrected chi connectivity index (χ4v) is 5.32. The van der Waals surface area contributed by atoms with Gasteiger partial charge >= 0.3 is 0 Å². The van der Waals surface area contributed by atoms with Crippen molar-refractivity contribution in [3.05, 3.63) is 70.8 Å². The largest absolute Gasteiger partial charge is 0.302 e. The first-order chi connectivity index (χ1) is 11.8. The Hall–Kier alpha value is -1.93. The van der Waals surface area contributed by atoms with Crippen molar-refractivity contribution in [2.24, 2.45) is 0 Å². The van der Waals surface area contributed by atoms with Crippen LogP contribution in [0.5, 0.6) is 0 Å². The van der Waals surface area contributed by atoms with Gasteiger partial charge in [-0.15, -0.1) is 0 Å². The van der Waals surface area contributed by atoms with Crippen molar-refractivity contribution in [3.63, 3.8) is 0 Å². The number of ketones is 1. The maximum Gasteiger partial charge on any atom is 0.135 e. The first-order valence-electron chi connectivity index (χ1n) is 9.21. The summed E-state index contributed by atoms with van der Waals surface area (Å²) in [6, 6.07) is 18.1. The zero-order valence-corrected chi connectivity index (χ0v) is 14.0. The van der Waals surface area contributed by atoms with E-state index in [4.69, 9.17) is 0 Å². The molecule has 1 heterocycles. The molecular formula is C22H23NO. The molecule has 0 atom stereocenters. The Morgan fingerprint density at radius 3 is 2.12 bits per heavy atom. The van der Waals surface area contributed by atoms with Crippen LogP contribution in [0.1, 0.15) is 53.9 Å². The Morgan fingerprint density at radius 2 is 1.50 bits per heavy atom. The molecule has 0 aromatic heterocycles. The number of hydrogen-bond acceptors (Lipinski definition) is 2. The summed E-state index contributed by atoms with van der Waals surface area (Å²) in [5, 5.41) is 0. The van der Waals surface area contributed by atoms with Gasteiger partial charge in [0.25, 0.3) is 0 Å². The first-order valence-corrected chi connectivity index (χ1v) is 9.21. The van der Waals surface area contributed by atoms with Crippen LogP contribution in [0.25, 0.3) is 0 Å². The average molecular weight is 317 g/mol. The van der Waals surface area contributed by atoms with E-state index in [1.165, 1.54) is 12.8 Å². The highest BCUT2D eigenvalue weighted by Gasteiger charge is 2.52. The van der Waals surface area contributed by atoms with Crippen LogP contribution in [-0.4, -0.2) is 30.3 Å². The van der Waals surface area contributed by atoms with Crippen LogP contribution in [0.15, 0.2) is 48.5 Å². The summed E-state index contributed by atoms with van der Waals surface area (Å²) in [4.78, 5) is 14.0. The SMILES string of the molecule is O=C1CCN(CCC23CC(c4ccccc42)c2ccccc23)CC1. The van der Waals surface area contributed by atoms with Crippen molar-refractivity contribution in [1.29, 1.82) is 0 Å². The fourth-order valence-electron chi connectivity index (χ4n) is 5.32. The molecule has 24 heavy (non-hydrogen) atoms. The zero-order chi connectivity index (χ0) is 16.1. The van der Waals surface area contributed by atoms with Crippen LogP contribution in [0.3, 0.4) is 0 Å². The highest BCUT2D eigenvalue weighted by Crippen LogP contribution is 2.61. The van der Waals surface area contributed by atoms with Gasteiger partial charge in [0, 0.05) is 37.3 Å². The second-order valence-corrected chi connectivity index (χ2v) is 7.64. The third-order valence-corrected chi connectivity index (χ3v) is 6.52. The molecule has 1 saturated heterocycles. The van der Waals surface area contributed by atoms with Crippen LogP contribution >= 0.6 is 0 Å². The van der Waals surface area contributed by atoms with E-state index >= 15 is 0 Å². The number of Topliss-reactive ketones (excluding diaryl/α,β-unsaturated/α-hetero) is 1. The molecule has 0 unspecified atom stereocenters. The predicted octanol–water partition coefficient (Wildman–Crippen LogP) is 3.88. The summed E-state index contributed by atoms with van der Waals surface area (Å²) in [6.07, 6.45) is 3.88. The first kappa shape index (κ1) is 14.4. The normalized spacial score (nSPS) is 28.0. The number of piperidine rings is 1. The predicted molar refractivity (Wildman–Crippen MR) is 95.4 cm³/mol. The van der Waals surface area contributed by atoms with Crippen LogP contribution in [0.4, 0.5) is 0 Å². The van der Waals surface area contributed by atoms with Crippen molar-refractivity contribution in [1.82, 2.24) is 4.90 Å². The van der Waals surface area contributed by atoms with Gasteiger partial charge in [-0.25, -0.2) is 0 Å². The fraction of sp³-hybridized carbons (Fsp3) is 0.409. The number of hydrogen-bond donors (Lipinski definition) is 0. The van der Waals surface area contributed by atoms with E-state index in [0.717, 1.165) is 32.5 Å². The Labute approximate surface area is 143 Å². The second kappa shape index (κ2) is 5.29. The molecule has 0 amide bonds. The second-order valence-electron chi connectivity index (χ2n) is 7.64. The van der Waals surface area contributed by atoms with Gasteiger partial charge in [0.05, 0.1) is 0 Å². The molecule has 2 aliphatic carbocycles. The van der Waals surface area contributed by atoms with E-state index in [-0.39, 0.29) is 5.41 Å². The molecule has 2 heteroatoms. The standard InChI is InChI=1S/C22H23NO/c24-16-9-12-23(13-10-16)14-11-22-15-19(17-5-1-3-7-20(17)22)18-6-2-4-8-21(18)22/h1-8,19H,9-15H2. The lowest BCUT2D eigenvalue weighted by atomic mass is 9.73. The number of carbonyl (C=O) groups is 1. The Morgan fingerprint density at radius 1 is 0.917 bits per heavy atom. The van der Waals surface area contributed by atoms with Gasteiger partial charge in [0.2, 0.25) is 0 Å². The van der Waals surface area contributed by atoms with E-state index in [0.29, 0.717) is 11.7 Å². The maximum atomic E-state index is 11.5. The molecule has 0 radical (unpaired) electrons. The monoisotopic (exact) mass is 317 g/mol. The lowest BCUT2D eigenvalue weighted by Crippen LogP contribution is -2.37. The molecule has 0 N–H and O–H groups in total. The maximum absolute atomic E-state index is 11.5. The van der Waals surface area contributed by atoms with Crippen LogP contribution in [-0.2, 0) is 10.2 Å². The number of benzene rings is 2. The van der Waals surface area contributed by atoms with Gasteiger partial charge in [0.15, 0.2) is 0 Å². The summed E-state index contributed by atoms with van der Waals surface area (Å²) in [6.45, 7) is 2.99. The van der Waals surface area contributed by atoms with E-state index in [2.05, 4.69) is 53.4 Å².